The smallest absolute Gasteiger partial charge is 0.283 e. The van der Waals surface area contributed by atoms with E-state index in [4.69, 9.17) is 5.26 Å². The lowest BCUT2D eigenvalue weighted by atomic mass is 10.2. The highest BCUT2D eigenvalue weighted by Crippen LogP contribution is 2.32. The fourth-order valence-corrected chi connectivity index (χ4v) is 4.65. The second-order valence-corrected chi connectivity index (χ2v) is 9.25. The Kier molecular flexibility index (Phi) is 7.93. The van der Waals surface area contributed by atoms with Crippen molar-refractivity contribution in [2.45, 2.75) is 18.6 Å². The molecule has 0 saturated heterocycles. The SMILES string of the molecule is CC(SC1=NC(=Cc2ccccc2)C(=O)N1c1ccc(F)cc1)C(=O)N(CCC#N)c1ccccc1. The normalized spacial score (nSPS) is 14.9. The van der Waals surface area contributed by atoms with Crippen molar-refractivity contribution in [2.75, 3.05) is 16.3 Å². The molecule has 3 aromatic rings. The molecule has 0 aliphatic carbocycles. The quantitative estimate of drug-likeness (QED) is 0.395. The van der Waals surface area contributed by atoms with Crippen LogP contribution in [0.1, 0.15) is 18.9 Å². The van der Waals surface area contributed by atoms with E-state index in [1.807, 2.05) is 60.7 Å². The Morgan fingerprint density at radius 1 is 1.08 bits per heavy atom. The lowest BCUT2D eigenvalue weighted by Crippen LogP contribution is -2.39. The molecule has 4 rings (SSSR count). The molecule has 180 valence electrons. The standard InChI is InChI=1S/C28H23FN4O2S/c1-20(26(34)32(18-8-17-30)23-11-6-3-7-12-23)36-28-31-25(19-21-9-4-2-5-10-21)27(35)33(28)24-15-13-22(29)14-16-24/h2-7,9-16,19-20H,8,18H2,1H3. The number of nitriles is 1. The van der Waals surface area contributed by atoms with Gasteiger partial charge in [-0.15, -0.1) is 0 Å². The monoisotopic (exact) mass is 498 g/mol. The Morgan fingerprint density at radius 3 is 2.36 bits per heavy atom. The Labute approximate surface area is 213 Å². The Balaban J connectivity index is 1.65. The van der Waals surface area contributed by atoms with Crippen LogP contribution in [0.5, 0.6) is 0 Å². The van der Waals surface area contributed by atoms with Crippen molar-refractivity contribution in [2.24, 2.45) is 4.99 Å². The predicted molar refractivity (Wildman–Crippen MR) is 142 cm³/mol. The molecule has 1 unspecified atom stereocenters. The molecule has 8 heteroatoms. The molecule has 0 bridgehead atoms. The number of aliphatic imine (C=N–C) groups is 1. The van der Waals surface area contributed by atoms with Crippen LogP contribution < -0.4 is 9.80 Å². The van der Waals surface area contributed by atoms with Gasteiger partial charge in [-0.1, -0.05) is 60.3 Å². The molecule has 0 spiro atoms. The first-order chi connectivity index (χ1) is 17.5. The van der Waals surface area contributed by atoms with Crippen LogP contribution in [-0.2, 0) is 9.59 Å². The van der Waals surface area contributed by atoms with Gasteiger partial charge in [-0.25, -0.2) is 9.38 Å². The summed E-state index contributed by atoms with van der Waals surface area (Å²) < 4.78 is 13.6. The molecular formula is C28H23FN4O2S. The fraction of sp³-hybridized carbons (Fsp3) is 0.143. The van der Waals surface area contributed by atoms with E-state index in [9.17, 15) is 14.0 Å². The van der Waals surface area contributed by atoms with Crippen molar-refractivity contribution < 1.29 is 14.0 Å². The Morgan fingerprint density at radius 2 is 1.72 bits per heavy atom. The van der Waals surface area contributed by atoms with Crippen molar-refractivity contribution in [3.8, 4) is 6.07 Å². The number of hydrogen-bond acceptors (Lipinski definition) is 5. The van der Waals surface area contributed by atoms with Crippen LogP contribution >= 0.6 is 11.8 Å². The van der Waals surface area contributed by atoms with Crippen LogP contribution in [-0.4, -0.2) is 28.8 Å². The molecular weight excluding hydrogens is 475 g/mol. The molecule has 6 nitrogen and oxygen atoms in total. The van der Waals surface area contributed by atoms with Gasteiger partial charge < -0.3 is 4.90 Å². The molecule has 0 fully saturated rings. The largest absolute Gasteiger partial charge is 0.310 e. The first kappa shape index (κ1) is 24.9. The zero-order chi connectivity index (χ0) is 25.5. The Bertz CT molecular complexity index is 1340. The molecule has 0 saturated carbocycles. The molecule has 3 aromatic carbocycles. The molecule has 0 aromatic heterocycles. The van der Waals surface area contributed by atoms with Crippen molar-refractivity contribution in [1.29, 1.82) is 5.26 Å². The summed E-state index contributed by atoms with van der Waals surface area (Å²) in [5, 5.41) is 8.79. The number of anilines is 2. The highest BCUT2D eigenvalue weighted by molar-refractivity contribution is 8.15. The van der Waals surface area contributed by atoms with Crippen molar-refractivity contribution in [3.05, 3.63) is 102 Å². The summed E-state index contributed by atoms with van der Waals surface area (Å²) in [6.07, 6.45) is 1.87. The van der Waals surface area contributed by atoms with Gasteiger partial charge in [-0.2, -0.15) is 5.26 Å². The summed E-state index contributed by atoms with van der Waals surface area (Å²) in [6, 6.07) is 26.1. The lowest BCUT2D eigenvalue weighted by molar-refractivity contribution is -0.118. The summed E-state index contributed by atoms with van der Waals surface area (Å²) in [5.74, 6) is -0.996. The maximum Gasteiger partial charge on any atom is 0.283 e. The molecule has 1 aliphatic rings. The number of halogens is 1. The molecule has 0 radical (unpaired) electrons. The van der Waals surface area contributed by atoms with E-state index >= 15 is 0 Å². The van der Waals surface area contributed by atoms with E-state index < -0.39 is 11.1 Å². The lowest BCUT2D eigenvalue weighted by Gasteiger charge is -2.26. The molecule has 1 aliphatic heterocycles. The number of amidine groups is 1. The average Bonchev–Trinajstić information content (AvgIpc) is 3.20. The van der Waals surface area contributed by atoms with Crippen molar-refractivity contribution in [3.63, 3.8) is 0 Å². The first-order valence-electron chi connectivity index (χ1n) is 11.3. The molecule has 2 amide bonds. The minimum Gasteiger partial charge on any atom is -0.310 e. The third kappa shape index (κ3) is 5.70. The summed E-state index contributed by atoms with van der Waals surface area (Å²) in [6.45, 7) is 1.99. The fourth-order valence-electron chi connectivity index (χ4n) is 3.66. The zero-order valence-corrected chi connectivity index (χ0v) is 20.4. The van der Waals surface area contributed by atoms with Crippen LogP contribution in [0.2, 0.25) is 0 Å². The maximum absolute atomic E-state index is 13.6. The van der Waals surface area contributed by atoms with E-state index in [0.29, 0.717) is 16.5 Å². The minimum absolute atomic E-state index is 0.184. The van der Waals surface area contributed by atoms with Gasteiger partial charge in [-0.3, -0.25) is 14.5 Å². The summed E-state index contributed by atoms with van der Waals surface area (Å²) in [7, 11) is 0. The summed E-state index contributed by atoms with van der Waals surface area (Å²) in [5.41, 5.74) is 2.17. The van der Waals surface area contributed by atoms with Crippen LogP contribution in [0.4, 0.5) is 15.8 Å². The van der Waals surface area contributed by atoms with Gasteiger partial charge in [0.2, 0.25) is 5.91 Å². The molecule has 36 heavy (non-hydrogen) atoms. The summed E-state index contributed by atoms with van der Waals surface area (Å²) in [4.78, 5) is 34.3. The van der Waals surface area contributed by atoms with Gasteiger partial charge in [0.15, 0.2) is 5.17 Å². The number of benzene rings is 3. The van der Waals surface area contributed by atoms with E-state index in [-0.39, 0.29) is 30.5 Å². The van der Waals surface area contributed by atoms with Gasteiger partial charge in [0.1, 0.15) is 11.5 Å². The number of amides is 2. The topological polar surface area (TPSA) is 76.8 Å². The van der Waals surface area contributed by atoms with Gasteiger partial charge in [0, 0.05) is 12.2 Å². The van der Waals surface area contributed by atoms with Crippen molar-refractivity contribution in [1.82, 2.24) is 0 Å². The third-order valence-corrected chi connectivity index (χ3v) is 6.47. The highest BCUT2D eigenvalue weighted by Gasteiger charge is 2.35. The van der Waals surface area contributed by atoms with Crippen LogP contribution in [0, 0.1) is 17.1 Å². The van der Waals surface area contributed by atoms with Crippen LogP contribution in [0.15, 0.2) is 95.6 Å². The molecule has 1 atom stereocenters. The number of nitrogens with zero attached hydrogens (tertiary/aromatic N) is 4. The van der Waals surface area contributed by atoms with E-state index in [2.05, 4.69) is 11.1 Å². The number of thioether (sulfide) groups is 1. The average molecular weight is 499 g/mol. The minimum atomic E-state index is -0.616. The second kappa shape index (κ2) is 11.5. The van der Waals surface area contributed by atoms with E-state index in [0.717, 1.165) is 17.3 Å². The molecule has 0 N–H and O–H groups in total. The first-order valence-corrected chi connectivity index (χ1v) is 12.2. The maximum atomic E-state index is 13.6. The zero-order valence-electron chi connectivity index (χ0n) is 19.5. The third-order valence-electron chi connectivity index (χ3n) is 5.43. The van der Waals surface area contributed by atoms with Gasteiger partial charge >= 0.3 is 0 Å². The Hall–Kier alpha value is -4.22. The summed E-state index contributed by atoms with van der Waals surface area (Å²) >= 11 is 1.14. The van der Waals surface area contributed by atoms with Crippen molar-refractivity contribution >= 4 is 46.2 Å². The molecule has 1 heterocycles. The predicted octanol–water partition coefficient (Wildman–Crippen LogP) is 5.64. The number of rotatable bonds is 7. The number of hydrogen-bond donors (Lipinski definition) is 0. The van der Waals surface area contributed by atoms with Gasteiger partial charge in [0.25, 0.3) is 5.91 Å². The number of carbonyl (C=O) groups is 2. The van der Waals surface area contributed by atoms with Crippen LogP contribution in [0.3, 0.4) is 0 Å². The van der Waals surface area contributed by atoms with Gasteiger partial charge in [0.05, 0.1) is 23.4 Å². The second-order valence-electron chi connectivity index (χ2n) is 7.95. The number of carbonyl (C=O) groups excluding carboxylic acids is 2. The van der Waals surface area contributed by atoms with E-state index in [1.165, 1.54) is 29.2 Å². The van der Waals surface area contributed by atoms with Crippen LogP contribution in [0.25, 0.3) is 6.08 Å². The number of para-hydroxylation sites is 1. The highest BCUT2D eigenvalue weighted by atomic mass is 32.2. The van der Waals surface area contributed by atoms with Gasteiger partial charge in [-0.05, 0) is 55.0 Å². The van der Waals surface area contributed by atoms with E-state index in [1.54, 1.807) is 17.9 Å².